The summed E-state index contributed by atoms with van der Waals surface area (Å²) in [6, 6.07) is 6.63. The molecule has 0 aliphatic carbocycles. The molecule has 1 aliphatic heterocycles. The standard InChI is InChI=1S/C15H21FO3/c1-10(2)15-18-9-14(11(3)19-15)17-8-12-6-4-5-7-13(12)16/h4-7,10-11,14-15H,8-9H2,1-3H3/t11-,14-,15+/m1/s1. The van der Waals surface area contributed by atoms with E-state index in [0.29, 0.717) is 18.1 Å². The number of hydrogen-bond acceptors (Lipinski definition) is 3. The molecular formula is C15H21FO3. The van der Waals surface area contributed by atoms with Gasteiger partial charge >= 0.3 is 0 Å². The minimum Gasteiger partial charge on any atom is -0.368 e. The summed E-state index contributed by atoms with van der Waals surface area (Å²) >= 11 is 0. The van der Waals surface area contributed by atoms with Crippen molar-refractivity contribution in [3.05, 3.63) is 35.6 Å². The van der Waals surface area contributed by atoms with Crippen LogP contribution < -0.4 is 0 Å². The molecule has 0 spiro atoms. The first-order valence-corrected chi connectivity index (χ1v) is 6.70. The molecular weight excluding hydrogens is 247 g/mol. The predicted octanol–water partition coefficient (Wildman–Crippen LogP) is 3.13. The highest BCUT2D eigenvalue weighted by Crippen LogP contribution is 2.21. The molecule has 4 heteroatoms. The molecule has 0 aromatic heterocycles. The van der Waals surface area contributed by atoms with Gasteiger partial charge in [0.15, 0.2) is 6.29 Å². The minimum absolute atomic E-state index is 0.0482. The van der Waals surface area contributed by atoms with Crippen molar-refractivity contribution in [1.82, 2.24) is 0 Å². The van der Waals surface area contributed by atoms with Crippen molar-refractivity contribution >= 4 is 0 Å². The van der Waals surface area contributed by atoms with E-state index in [2.05, 4.69) is 13.8 Å². The van der Waals surface area contributed by atoms with Crippen LogP contribution in [0, 0.1) is 11.7 Å². The molecule has 0 radical (unpaired) electrons. The van der Waals surface area contributed by atoms with Gasteiger partial charge in [-0.25, -0.2) is 4.39 Å². The van der Waals surface area contributed by atoms with Crippen LogP contribution in [0.3, 0.4) is 0 Å². The van der Waals surface area contributed by atoms with E-state index in [1.165, 1.54) is 6.07 Å². The van der Waals surface area contributed by atoms with Crippen molar-refractivity contribution in [1.29, 1.82) is 0 Å². The van der Waals surface area contributed by atoms with Crippen LogP contribution in [0.25, 0.3) is 0 Å². The maximum Gasteiger partial charge on any atom is 0.160 e. The molecule has 1 aromatic carbocycles. The number of ether oxygens (including phenoxy) is 3. The van der Waals surface area contributed by atoms with Crippen molar-refractivity contribution < 1.29 is 18.6 Å². The third kappa shape index (κ3) is 3.75. The summed E-state index contributed by atoms with van der Waals surface area (Å²) in [6.45, 7) is 6.79. The molecule has 3 nitrogen and oxygen atoms in total. The largest absolute Gasteiger partial charge is 0.368 e. The van der Waals surface area contributed by atoms with Crippen molar-refractivity contribution in [3.8, 4) is 0 Å². The summed E-state index contributed by atoms with van der Waals surface area (Å²) in [6.07, 6.45) is -0.383. The summed E-state index contributed by atoms with van der Waals surface area (Å²) in [5, 5.41) is 0. The number of hydrogen-bond donors (Lipinski definition) is 0. The lowest BCUT2D eigenvalue weighted by atomic mass is 10.1. The van der Waals surface area contributed by atoms with E-state index in [4.69, 9.17) is 14.2 Å². The fourth-order valence-electron chi connectivity index (χ4n) is 2.01. The second-order valence-corrected chi connectivity index (χ2v) is 5.23. The summed E-state index contributed by atoms with van der Waals surface area (Å²) in [5.74, 6) is 0.0721. The van der Waals surface area contributed by atoms with Gasteiger partial charge in [0.2, 0.25) is 0 Å². The van der Waals surface area contributed by atoms with E-state index in [1.807, 2.05) is 6.92 Å². The molecule has 0 bridgehead atoms. The van der Waals surface area contributed by atoms with Gasteiger partial charge in [-0.3, -0.25) is 0 Å². The fraction of sp³-hybridized carbons (Fsp3) is 0.600. The monoisotopic (exact) mass is 268 g/mol. The van der Waals surface area contributed by atoms with Crippen LogP contribution in [-0.4, -0.2) is 25.1 Å². The third-order valence-corrected chi connectivity index (χ3v) is 3.25. The molecule has 2 rings (SSSR count). The van der Waals surface area contributed by atoms with Crippen LogP contribution in [0.4, 0.5) is 4.39 Å². The van der Waals surface area contributed by atoms with Crippen molar-refractivity contribution in [3.63, 3.8) is 0 Å². The van der Waals surface area contributed by atoms with Gasteiger partial charge < -0.3 is 14.2 Å². The number of benzene rings is 1. The molecule has 1 heterocycles. The van der Waals surface area contributed by atoms with Gasteiger partial charge in [0.05, 0.1) is 19.3 Å². The van der Waals surface area contributed by atoms with Gasteiger partial charge in [-0.1, -0.05) is 32.0 Å². The zero-order chi connectivity index (χ0) is 13.8. The Balaban J connectivity index is 1.86. The number of halogens is 1. The Bertz CT molecular complexity index is 408. The zero-order valence-electron chi connectivity index (χ0n) is 11.6. The van der Waals surface area contributed by atoms with Crippen LogP contribution in [0.15, 0.2) is 24.3 Å². The SMILES string of the molecule is CC(C)[C@H]1OC[C@@H](OCc2ccccc2F)[C@@H](C)O1. The van der Waals surface area contributed by atoms with E-state index in [1.54, 1.807) is 18.2 Å². The molecule has 0 amide bonds. The lowest BCUT2D eigenvalue weighted by Gasteiger charge is -2.36. The third-order valence-electron chi connectivity index (χ3n) is 3.25. The topological polar surface area (TPSA) is 27.7 Å². The van der Waals surface area contributed by atoms with Crippen molar-refractivity contribution in [2.24, 2.45) is 5.92 Å². The highest BCUT2D eigenvalue weighted by Gasteiger charge is 2.31. The Morgan fingerprint density at radius 1 is 1.37 bits per heavy atom. The zero-order valence-corrected chi connectivity index (χ0v) is 11.6. The average Bonchev–Trinajstić information content (AvgIpc) is 2.39. The minimum atomic E-state index is -0.243. The van der Waals surface area contributed by atoms with Gasteiger partial charge in [0.1, 0.15) is 11.9 Å². The maximum atomic E-state index is 13.5. The van der Waals surface area contributed by atoms with Gasteiger partial charge in [0.25, 0.3) is 0 Å². The van der Waals surface area contributed by atoms with Gasteiger partial charge in [0, 0.05) is 11.5 Å². The summed E-state index contributed by atoms with van der Waals surface area (Å²) < 4.78 is 30.5. The Morgan fingerprint density at radius 2 is 2.11 bits per heavy atom. The van der Waals surface area contributed by atoms with Crippen LogP contribution in [0.2, 0.25) is 0 Å². The molecule has 19 heavy (non-hydrogen) atoms. The van der Waals surface area contributed by atoms with Crippen molar-refractivity contribution in [2.75, 3.05) is 6.61 Å². The highest BCUT2D eigenvalue weighted by molar-refractivity contribution is 5.16. The maximum absolute atomic E-state index is 13.5. The smallest absolute Gasteiger partial charge is 0.160 e. The Labute approximate surface area is 113 Å². The lowest BCUT2D eigenvalue weighted by Crippen LogP contribution is -2.45. The van der Waals surface area contributed by atoms with Gasteiger partial charge in [-0.15, -0.1) is 0 Å². The van der Waals surface area contributed by atoms with Crippen LogP contribution in [0.5, 0.6) is 0 Å². The van der Waals surface area contributed by atoms with Crippen molar-refractivity contribution in [2.45, 2.75) is 45.9 Å². The summed E-state index contributed by atoms with van der Waals surface area (Å²) in [5.41, 5.74) is 0.556. The first-order chi connectivity index (χ1) is 9.08. The molecule has 1 aromatic rings. The Kier molecular flexibility index (Phi) is 4.91. The average molecular weight is 268 g/mol. The second-order valence-electron chi connectivity index (χ2n) is 5.23. The fourth-order valence-corrected chi connectivity index (χ4v) is 2.01. The van der Waals surface area contributed by atoms with E-state index in [0.717, 1.165) is 0 Å². The Hall–Kier alpha value is -0.970. The predicted molar refractivity (Wildman–Crippen MR) is 70.1 cm³/mol. The molecule has 0 N–H and O–H groups in total. The van der Waals surface area contributed by atoms with E-state index in [-0.39, 0.29) is 30.9 Å². The van der Waals surface area contributed by atoms with E-state index < -0.39 is 0 Å². The van der Waals surface area contributed by atoms with Gasteiger partial charge in [-0.05, 0) is 13.0 Å². The quantitative estimate of drug-likeness (QED) is 0.839. The molecule has 3 atom stereocenters. The summed E-state index contributed by atoms with van der Waals surface area (Å²) in [4.78, 5) is 0. The van der Waals surface area contributed by atoms with E-state index in [9.17, 15) is 4.39 Å². The lowest BCUT2D eigenvalue weighted by molar-refractivity contribution is -0.272. The first-order valence-electron chi connectivity index (χ1n) is 6.70. The normalized spacial score (nSPS) is 27.7. The Morgan fingerprint density at radius 3 is 2.74 bits per heavy atom. The molecule has 106 valence electrons. The molecule has 1 aliphatic rings. The second kappa shape index (κ2) is 6.46. The van der Waals surface area contributed by atoms with Crippen LogP contribution in [0.1, 0.15) is 26.3 Å². The highest BCUT2D eigenvalue weighted by atomic mass is 19.1. The molecule has 1 fully saturated rings. The van der Waals surface area contributed by atoms with Crippen LogP contribution in [-0.2, 0) is 20.8 Å². The van der Waals surface area contributed by atoms with E-state index >= 15 is 0 Å². The number of rotatable bonds is 4. The molecule has 0 unspecified atom stereocenters. The van der Waals surface area contributed by atoms with Gasteiger partial charge in [-0.2, -0.15) is 0 Å². The first kappa shape index (κ1) is 14.4. The summed E-state index contributed by atoms with van der Waals surface area (Å²) in [7, 11) is 0. The molecule has 1 saturated heterocycles. The van der Waals surface area contributed by atoms with Crippen LogP contribution >= 0.6 is 0 Å². The molecule has 0 saturated carbocycles.